The van der Waals surface area contributed by atoms with E-state index < -0.39 is 0 Å². The number of hydrogen-bond acceptors (Lipinski definition) is 3. The monoisotopic (exact) mass is 428 g/mol. The summed E-state index contributed by atoms with van der Waals surface area (Å²) in [5, 5.41) is 1.35. The Morgan fingerprint density at radius 1 is 1.06 bits per heavy atom. The first-order chi connectivity index (χ1) is 15.6. The molecule has 0 amide bonds. The summed E-state index contributed by atoms with van der Waals surface area (Å²) in [5.74, 6) is 2.08. The van der Waals surface area contributed by atoms with Crippen molar-refractivity contribution in [3.8, 4) is 5.75 Å². The molecule has 1 unspecified atom stereocenters. The van der Waals surface area contributed by atoms with Gasteiger partial charge in [0.1, 0.15) is 11.6 Å². The molecule has 0 spiro atoms. The second-order valence-electron chi connectivity index (χ2n) is 8.92. The van der Waals surface area contributed by atoms with Crippen molar-refractivity contribution in [3.05, 3.63) is 83.1 Å². The molecule has 166 valence electrons. The van der Waals surface area contributed by atoms with Crippen LogP contribution >= 0.6 is 0 Å². The van der Waals surface area contributed by atoms with Crippen LogP contribution in [-0.2, 0) is 25.9 Å². The number of aryl methyl sites for hydroxylation is 2. The Kier molecular flexibility index (Phi) is 5.75. The molecule has 5 heteroatoms. The zero-order chi connectivity index (χ0) is 22.1. The predicted molar refractivity (Wildman–Crippen MR) is 129 cm³/mol. The number of aromatic amines is 1. The zero-order valence-electron chi connectivity index (χ0n) is 19.3. The summed E-state index contributed by atoms with van der Waals surface area (Å²) in [4.78, 5) is 11.0. The van der Waals surface area contributed by atoms with Gasteiger partial charge in [-0.05, 0) is 44.4 Å². The lowest BCUT2D eigenvalue weighted by molar-refractivity contribution is 0.157. The van der Waals surface area contributed by atoms with Crippen LogP contribution in [0.1, 0.15) is 41.7 Å². The molecule has 1 aliphatic heterocycles. The number of hydrogen-bond donors (Lipinski definition) is 1. The average molecular weight is 429 g/mol. The molecule has 0 fully saturated rings. The highest BCUT2D eigenvalue weighted by Gasteiger charge is 2.25. The summed E-state index contributed by atoms with van der Waals surface area (Å²) in [6.07, 6.45) is 5.24. The van der Waals surface area contributed by atoms with Gasteiger partial charge in [0.05, 0.1) is 18.5 Å². The molecule has 5 rings (SSSR count). The van der Waals surface area contributed by atoms with Gasteiger partial charge in [-0.3, -0.25) is 4.90 Å². The van der Waals surface area contributed by atoms with E-state index in [1.807, 2.05) is 12.1 Å². The molecule has 1 aliphatic rings. The van der Waals surface area contributed by atoms with Gasteiger partial charge >= 0.3 is 0 Å². The average Bonchev–Trinajstić information content (AvgIpc) is 3.38. The topological polar surface area (TPSA) is 46.1 Å². The molecule has 1 N–H and O–H groups in total. The van der Waals surface area contributed by atoms with Crippen molar-refractivity contribution >= 4 is 10.9 Å². The molecule has 1 atom stereocenters. The van der Waals surface area contributed by atoms with Gasteiger partial charge in [-0.1, -0.05) is 36.4 Å². The molecule has 0 aliphatic carbocycles. The molecule has 4 aromatic rings. The van der Waals surface area contributed by atoms with E-state index in [9.17, 15) is 0 Å². The van der Waals surface area contributed by atoms with E-state index in [1.165, 1.54) is 27.7 Å². The fourth-order valence-electron chi connectivity index (χ4n) is 5.05. The smallest absolute Gasteiger partial charge is 0.122 e. The first-order valence-electron chi connectivity index (χ1n) is 11.6. The number of para-hydroxylation sites is 2. The first-order valence-corrected chi connectivity index (χ1v) is 11.6. The highest BCUT2D eigenvalue weighted by Crippen LogP contribution is 2.27. The molecule has 2 aromatic carbocycles. The Bertz CT molecular complexity index is 1220. The van der Waals surface area contributed by atoms with Crippen molar-refractivity contribution in [2.24, 2.45) is 0 Å². The maximum atomic E-state index is 5.55. The van der Waals surface area contributed by atoms with Crippen LogP contribution in [0.25, 0.3) is 10.9 Å². The summed E-state index contributed by atoms with van der Waals surface area (Å²) in [6.45, 7) is 7.55. The molecule has 0 saturated heterocycles. The SMILES string of the molecule is COc1ccccc1Cc1nc(C)c2n1CCN(C(C)CCc1c[nH]c3ccccc13)C2. The third-order valence-corrected chi connectivity index (χ3v) is 6.99. The maximum Gasteiger partial charge on any atom is 0.122 e. The number of rotatable bonds is 7. The number of methoxy groups -OCH3 is 1. The van der Waals surface area contributed by atoms with Gasteiger partial charge < -0.3 is 14.3 Å². The Hall–Kier alpha value is -3.05. The van der Waals surface area contributed by atoms with E-state index in [4.69, 9.17) is 9.72 Å². The third kappa shape index (κ3) is 3.93. The lowest BCUT2D eigenvalue weighted by atomic mass is 10.0. The molecule has 0 radical (unpaired) electrons. The zero-order valence-corrected chi connectivity index (χ0v) is 19.3. The summed E-state index contributed by atoms with van der Waals surface area (Å²) in [7, 11) is 1.74. The van der Waals surface area contributed by atoms with Gasteiger partial charge in [0.25, 0.3) is 0 Å². The Morgan fingerprint density at radius 2 is 1.88 bits per heavy atom. The second-order valence-corrected chi connectivity index (χ2v) is 8.92. The van der Waals surface area contributed by atoms with Crippen LogP contribution in [-0.4, -0.2) is 39.1 Å². The normalized spacial score (nSPS) is 15.1. The van der Waals surface area contributed by atoms with Crippen molar-refractivity contribution in [1.82, 2.24) is 19.4 Å². The largest absolute Gasteiger partial charge is 0.496 e. The Balaban J connectivity index is 1.27. The molecule has 3 heterocycles. The predicted octanol–water partition coefficient (Wildman–Crippen LogP) is 5.11. The van der Waals surface area contributed by atoms with Crippen molar-refractivity contribution in [2.75, 3.05) is 13.7 Å². The standard InChI is InChI=1S/C27H32N4O/c1-19(12-13-22-17-28-24-10-6-5-9-23(22)24)30-14-15-31-25(18-30)20(2)29-27(31)16-21-8-4-7-11-26(21)32-3/h4-11,17,19,28H,12-16,18H2,1-3H3. The highest BCUT2D eigenvalue weighted by molar-refractivity contribution is 5.83. The van der Waals surface area contributed by atoms with E-state index in [-0.39, 0.29) is 0 Å². The van der Waals surface area contributed by atoms with Gasteiger partial charge in [-0.15, -0.1) is 0 Å². The fraction of sp³-hybridized carbons (Fsp3) is 0.370. The Labute approximate surface area is 190 Å². The van der Waals surface area contributed by atoms with Gasteiger partial charge in [-0.2, -0.15) is 0 Å². The van der Waals surface area contributed by atoms with Gasteiger partial charge in [0, 0.05) is 54.8 Å². The maximum absolute atomic E-state index is 5.55. The van der Waals surface area contributed by atoms with Crippen LogP contribution in [0.5, 0.6) is 5.75 Å². The minimum absolute atomic E-state index is 0.532. The van der Waals surface area contributed by atoms with E-state index >= 15 is 0 Å². The number of benzene rings is 2. The van der Waals surface area contributed by atoms with Gasteiger partial charge in [0.2, 0.25) is 0 Å². The molecule has 5 nitrogen and oxygen atoms in total. The van der Waals surface area contributed by atoms with Crippen LogP contribution in [0.3, 0.4) is 0 Å². The second kappa shape index (κ2) is 8.83. The number of ether oxygens (including phenoxy) is 1. The number of fused-ring (bicyclic) bond motifs is 2. The molecule has 0 bridgehead atoms. The minimum Gasteiger partial charge on any atom is -0.496 e. The third-order valence-electron chi connectivity index (χ3n) is 6.99. The number of imidazole rings is 1. The highest BCUT2D eigenvalue weighted by atomic mass is 16.5. The number of nitrogens with one attached hydrogen (secondary N) is 1. The van der Waals surface area contributed by atoms with Crippen LogP contribution < -0.4 is 4.74 Å². The van der Waals surface area contributed by atoms with Crippen molar-refractivity contribution in [3.63, 3.8) is 0 Å². The van der Waals surface area contributed by atoms with Crippen molar-refractivity contribution < 1.29 is 4.74 Å². The van der Waals surface area contributed by atoms with Crippen molar-refractivity contribution in [1.29, 1.82) is 0 Å². The number of aromatic nitrogens is 3. The van der Waals surface area contributed by atoms with Gasteiger partial charge in [-0.25, -0.2) is 4.98 Å². The molecule has 2 aromatic heterocycles. The number of H-pyrrole nitrogens is 1. The minimum atomic E-state index is 0.532. The molecule has 0 saturated carbocycles. The molecular weight excluding hydrogens is 396 g/mol. The van der Waals surface area contributed by atoms with Crippen LogP contribution in [0, 0.1) is 6.92 Å². The quantitative estimate of drug-likeness (QED) is 0.445. The van der Waals surface area contributed by atoms with Crippen LogP contribution in [0.2, 0.25) is 0 Å². The first kappa shape index (κ1) is 20.8. The van der Waals surface area contributed by atoms with Gasteiger partial charge in [0.15, 0.2) is 0 Å². The molecular formula is C27H32N4O. The number of nitrogens with zero attached hydrogens (tertiary/aromatic N) is 3. The van der Waals surface area contributed by atoms with Crippen molar-refractivity contribution in [2.45, 2.75) is 52.2 Å². The summed E-state index contributed by atoms with van der Waals surface area (Å²) in [5.41, 5.74) is 6.36. The van der Waals surface area contributed by atoms with E-state index in [0.29, 0.717) is 6.04 Å². The lowest BCUT2D eigenvalue weighted by Crippen LogP contribution is -2.40. The van der Waals surface area contributed by atoms with Crippen LogP contribution in [0.15, 0.2) is 54.7 Å². The summed E-state index contributed by atoms with van der Waals surface area (Å²) in [6, 6.07) is 17.4. The van der Waals surface area contributed by atoms with E-state index in [1.54, 1.807) is 7.11 Å². The van der Waals surface area contributed by atoms with E-state index in [2.05, 4.69) is 70.9 Å². The van der Waals surface area contributed by atoms with E-state index in [0.717, 1.165) is 56.2 Å². The van der Waals surface area contributed by atoms with Crippen LogP contribution in [0.4, 0.5) is 0 Å². The molecule has 32 heavy (non-hydrogen) atoms. The Morgan fingerprint density at radius 3 is 2.75 bits per heavy atom. The summed E-state index contributed by atoms with van der Waals surface area (Å²) >= 11 is 0. The lowest BCUT2D eigenvalue weighted by Gasteiger charge is -2.34. The summed E-state index contributed by atoms with van der Waals surface area (Å²) < 4.78 is 7.99. The fourth-order valence-corrected chi connectivity index (χ4v) is 5.05.